The van der Waals surface area contributed by atoms with Crippen molar-refractivity contribution in [3.8, 4) is 11.5 Å². The summed E-state index contributed by atoms with van der Waals surface area (Å²) < 4.78 is 1.30. The van der Waals surface area contributed by atoms with Crippen LogP contribution in [0, 0.1) is 11.5 Å². The Morgan fingerprint density at radius 2 is 1.62 bits per heavy atom. The van der Waals surface area contributed by atoms with Gasteiger partial charge >= 0.3 is 0 Å². The molecule has 0 N–H and O–H groups in total. The van der Waals surface area contributed by atoms with Gasteiger partial charge in [-0.2, -0.15) is 0 Å². The number of rotatable bonds is 5. The van der Waals surface area contributed by atoms with E-state index in [-0.39, 0.29) is 0 Å². The van der Waals surface area contributed by atoms with E-state index in [2.05, 4.69) is 53.7 Å². The van der Waals surface area contributed by atoms with E-state index in [0.29, 0.717) is 0 Å². The molecule has 76 valence electrons. The lowest BCUT2D eigenvalue weighted by Crippen LogP contribution is -2.16. The monoisotopic (exact) mass is 308 g/mol. The van der Waals surface area contributed by atoms with Gasteiger partial charge in [-0.05, 0) is 17.3 Å². The van der Waals surface area contributed by atoms with E-state index < -0.39 is 8.07 Å². The predicted molar refractivity (Wildman–Crippen MR) is 73.1 cm³/mol. The Morgan fingerprint density at radius 3 is 2.15 bits per heavy atom. The summed E-state index contributed by atoms with van der Waals surface area (Å²) in [6.07, 6.45) is 6.54. The molecule has 0 aliphatic rings. The van der Waals surface area contributed by atoms with Crippen molar-refractivity contribution in [2.75, 3.05) is 4.43 Å². The lowest BCUT2D eigenvalue weighted by molar-refractivity contribution is 0.687. The molecule has 0 aromatic carbocycles. The van der Waals surface area contributed by atoms with Gasteiger partial charge in [-0.3, -0.25) is 0 Å². The first kappa shape index (κ1) is 13.5. The summed E-state index contributed by atoms with van der Waals surface area (Å²) in [6, 6.07) is 0. The topological polar surface area (TPSA) is 0 Å². The Morgan fingerprint density at radius 1 is 1.00 bits per heavy atom. The fourth-order valence-electron chi connectivity index (χ4n) is 0.989. The molecule has 0 rings (SSSR count). The van der Waals surface area contributed by atoms with Crippen LogP contribution in [-0.4, -0.2) is 12.5 Å². The van der Waals surface area contributed by atoms with Gasteiger partial charge in [0.1, 0.15) is 8.07 Å². The van der Waals surface area contributed by atoms with Gasteiger partial charge in [-0.15, -0.1) is 11.5 Å². The fourth-order valence-corrected chi connectivity index (χ4v) is 2.18. The molecule has 0 aliphatic heterocycles. The molecule has 0 bridgehead atoms. The van der Waals surface area contributed by atoms with Crippen molar-refractivity contribution in [1.29, 1.82) is 0 Å². The van der Waals surface area contributed by atoms with Crippen LogP contribution in [0.2, 0.25) is 19.6 Å². The molecule has 0 fully saturated rings. The predicted octanol–water partition coefficient (Wildman–Crippen LogP) is 4.25. The minimum absolute atomic E-state index is 1.09. The van der Waals surface area contributed by atoms with Crippen LogP contribution in [0.3, 0.4) is 0 Å². The van der Waals surface area contributed by atoms with Crippen LogP contribution in [0.1, 0.15) is 32.1 Å². The summed E-state index contributed by atoms with van der Waals surface area (Å²) >= 11 is 2.44. The van der Waals surface area contributed by atoms with Gasteiger partial charge < -0.3 is 0 Å². The zero-order chi connectivity index (χ0) is 10.2. The van der Waals surface area contributed by atoms with E-state index in [4.69, 9.17) is 0 Å². The number of alkyl halides is 1. The highest BCUT2D eigenvalue weighted by molar-refractivity contribution is 14.1. The Balaban J connectivity index is 3.28. The molecule has 13 heavy (non-hydrogen) atoms. The van der Waals surface area contributed by atoms with E-state index >= 15 is 0 Å². The van der Waals surface area contributed by atoms with Crippen molar-refractivity contribution in [3.63, 3.8) is 0 Å². The van der Waals surface area contributed by atoms with Crippen molar-refractivity contribution in [3.05, 3.63) is 0 Å². The zero-order valence-corrected chi connectivity index (χ0v) is 12.3. The van der Waals surface area contributed by atoms with Gasteiger partial charge in [0.2, 0.25) is 0 Å². The number of unbranched alkanes of at least 4 members (excludes halogenated alkanes) is 4. The highest BCUT2D eigenvalue weighted by Gasteiger charge is 2.06. The summed E-state index contributed by atoms with van der Waals surface area (Å²) in [6.45, 7) is 6.91. The van der Waals surface area contributed by atoms with Crippen molar-refractivity contribution < 1.29 is 0 Å². The Kier molecular flexibility index (Phi) is 8.18. The SMILES string of the molecule is C[Si](C)(C)C#CCCCCCCI. The normalized spacial score (nSPS) is 10.8. The standard InChI is InChI=1S/C11H21ISi/c1-13(2,3)11-9-7-5-4-6-8-10-12/h4-8,10H2,1-3H3. The largest absolute Gasteiger partial charge is 0.132 e. The molecule has 0 aromatic rings. The van der Waals surface area contributed by atoms with Gasteiger partial charge in [-0.25, -0.2) is 0 Å². The lowest BCUT2D eigenvalue weighted by atomic mass is 10.2. The third-order valence-corrected chi connectivity index (χ3v) is 3.34. The molecule has 0 atom stereocenters. The first-order chi connectivity index (χ1) is 6.06. The molecule has 0 saturated carbocycles. The average Bonchev–Trinajstić information content (AvgIpc) is 2.01. The molecular weight excluding hydrogens is 287 g/mol. The van der Waals surface area contributed by atoms with Crippen molar-refractivity contribution in [1.82, 2.24) is 0 Å². The van der Waals surface area contributed by atoms with Crippen LogP contribution in [0.5, 0.6) is 0 Å². The van der Waals surface area contributed by atoms with Crippen LogP contribution in [0.4, 0.5) is 0 Å². The molecular formula is C11H21ISi. The minimum atomic E-state index is -1.09. The van der Waals surface area contributed by atoms with E-state index in [9.17, 15) is 0 Å². The van der Waals surface area contributed by atoms with Gasteiger partial charge in [0.25, 0.3) is 0 Å². The Hall–Kier alpha value is 0.507. The molecule has 0 radical (unpaired) electrons. The van der Waals surface area contributed by atoms with Gasteiger partial charge in [0.15, 0.2) is 0 Å². The van der Waals surface area contributed by atoms with Crippen LogP contribution >= 0.6 is 22.6 Å². The Bertz CT molecular complexity index is 171. The minimum Gasteiger partial charge on any atom is -0.132 e. The van der Waals surface area contributed by atoms with Crippen LogP contribution in [-0.2, 0) is 0 Å². The first-order valence-corrected chi connectivity index (χ1v) is 10.1. The maximum absolute atomic E-state index is 3.40. The van der Waals surface area contributed by atoms with E-state index in [1.165, 1.54) is 30.1 Å². The van der Waals surface area contributed by atoms with E-state index in [0.717, 1.165) is 6.42 Å². The maximum Gasteiger partial charge on any atom is 0.129 e. The van der Waals surface area contributed by atoms with Crippen LogP contribution in [0.25, 0.3) is 0 Å². The highest BCUT2D eigenvalue weighted by Crippen LogP contribution is 2.04. The second kappa shape index (κ2) is 7.87. The maximum atomic E-state index is 3.40. The third kappa shape index (κ3) is 12.5. The molecule has 0 aromatic heterocycles. The summed E-state index contributed by atoms with van der Waals surface area (Å²) in [5, 5.41) is 0. The number of hydrogen-bond donors (Lipinski definition) is 0. The fraction of sp³-hybridized carbons (Fsp3) is 0.818. The second-order valence-electron chi connectivity index (χ2n) is 4.40. The van der Waals surface area contributed by atoms with Gasteiger partial charge in [0, 0.05) is 6.42 Å². The molecule has 0 saturated heterocycles. The third-order valence-electron chi connectivity index (χ3n) is 1.65. The average molecular weight is 308 g/mol. The lowest BCUT2D eigenvalue weighted by Gasteiger charge is -2.03. The summed E-state index contributed by atoms with van der Waals surface area (Å²) in [5.74, 6) is 3.31. The van der Waals surface area contributed by atoms with E-state index in [1.807, 2.05) is 0 Å². The zero-order valence-electron chi connectivity index (χ0n) is 9.12. The van der Waals surface area contributed by atoms with Gasteiger partial charge in [0.05, 0.1) is 0 Å². The van der Waals surface area contributed by atoms with Crippen LogP contribution < -0.4 is 0 Å². The van der Waals surface area contributed by atoms with Gasteiger partial charge in [-0.1, -0.05) is 55.1 Å². The molecule has 0 nitrogen and oxygen atoms in total. The molecule has 2 heteroatoms. The summed E-state index contributed by atoms with van der Waals surface area (Å²) in [5.41, 5.74) is 3.40. The van der Waals surface area contributed by atoms with Crippen LogP contribution in [0.15, 0.2) is 0 Å². The smallest absolute Gasteiger partial charge is 0.129 e. The highest BCUT2D eigenvalue weighted by atomic mass is 127. The molecule has 0 unspecified atom stereocenters. The van der Waals surface area contributed by atoms with Crippen molar-refractivity contribution in [2.45, 2.75) is 51.7 Å². The van der Waals surface area contributed by atoms with Crippen molar-refractivity contribution in [2.24, 2.45) is 0 Å². The first-order valence-electron chi connectivity index (χ1n) is 5.12. The molecule has 0 amide bonds. The van der Waals surface area contributed by atoms with Crippen molar-refractivity contribution >= 4 is 30.7 Å². The molecule has 0 spiro atoms. The van der Waals surface area contributed by atoms with E-state index in [1.54, 1.807) is 0 Å². The number of hydrogen-bond acceptors (Lipinski definition) is 0. The second-order valence-corrected chi connectivity index (χ2v) is 10.2. The Labute approximate surface area is 98.0 Å². The molecule has 0 aliphatic carbocycles. The quantitative estimate of drug-likeness (QED) is 0.234. The summed E-state index contributed by atoms with van der Waals surface area (Å²) in [4.78, 5) is 0. The number of halogens is 1. The summed E-state index contributed by atoms with van der Waals surface area (Å²) in [7, 11) is -1.09. The molecule has 0 heterocycles.